The van der Waals surface area contributed by atoms with Gasteiger partial charge in [0.2, 0.25) is 5.91 Å². The van der Waals surface area contributed by atoms with Gasteiger partial charge in [-0.25, -0.2) is 0 Å². The van der Waals surface area contributed by atoms with Crippen molar-refractivity contribution in [1.82, 2.24) is 0 Å². The smallest absolute Gasteiger partial charge is 0.227 e. The molecule has 1 aromatic carbocycles. The summed E-state index contributed by atoms with van der Waals surface area (Å²) < 4.78 is 11.3. The molecular formula is C15H17Cl2NO3. The second kappa shape index (κ2) is 6.13. The third-order valence-corrected chi connectivity index (χ3v) is 4.77. The topological polar surface area (TPSA) is 47.6 Å². The summed E-state index contributed by atoms with van der Waals surface area (Å²) in [6, 6.07) is 5.16. The molecular weight excluding hydrogens is 313 g/mol. The molecule has 2 aliphatic rings. The molecule has 1 aliphatic carbocycles. The predicted molar refractivity (Wildman–Crippen MR) is 81.7 cm³/mol. The average Bonchev–Trinajstić information content (AvgIpc) is 2.92. The van der Waals surface area contributed by atoms with E-state index in [0.29, 0.717) is 28.9 Å². The Balaban J connectivity index is 1.62. The molecule has 1 N–H and O–H groups in total. The van der Waals surface area contributed by atoms with Crippen molar-refractivity contribution in [3.63, 3.8) is 0 Å². The summed E-state index contributed by atoms with van der Waals surface area (Å²) in [7, 11) is 0. The second-order valence-corrected chi connectivity index (χ2v) is 6.28. The van der Waals surface area contributed by atoms with Crippen LogP contribution in [0.1, 0.15) is 25.7 Å². The quantitative estimate of drug-likeness (QED) is 0.896. The third kappa shape index (κ3) is 3.19. The van der Waals surface area contributed by atoms with Crippen LogP contribution >= 0.6 is 23.2 Å². The van der Waals surface area contributed by atoms with E-state index in [-0.39, 0.29) is 11.8 Å². The van der Waals surface area contributed by atoms with E-state index in [0.717, 1.165) is 25.7 Å². The molecule has 0 bridgehead atoms. The van der Waals surface area contributed by atoms with E-state index < -0.39 is 5.79 Å². The Morgan fingerprint density at radius 1 is 1.14 bits per heavy atom. The number of benzene rings is 1. The molecule has 1 aromatic rings. The highest BCUT2D eigenvalue weighted by molar-refractivity contribution is 6.39. The molecule has 1 spiro atoms. The third-order valence-electron chi connectivity index (χ3n) is 4.14. The largest absolute Gasteiger partial charge is 0.348 e. The fourth-order valence-corrected chi connectivity index (χ4v) is 3.44. The van der Waals surface area contributed by atoms with Crippen molar-refractivity contribution in [2.75, 3.05) is 18.5 Å². The Labute approximate surface area is 133 Å². The van der Waals surface area contributed by atoms with E-state index in [4.69, 9.17) is 32.7 Å². The van der Waals surface area contributed by atoms with Crippen molar-refractivity contribution in [3.05, 3.63) is 28.2 Å². The van der Waals surface area contributed by atoms with Crippen molar-refractivity contribution in [3.8, 4) is 0 Å². The molecule has 1 amide bonds. The molecule has 4 nitrogen and oxygen atoms in total. The van der Waals surface area contributed by atoms with Crippen LogP contribution in [0.25, 0.3) is 0 Å². The number of hydrogen-bond acceptors (Lipinski definition) is 3. The molecule has 1 saturated carbocycles. The number of rotatable bonds is 2. The molecule has 0 atom stereocenters. The monoisotopic (exact) mass is 329 g/mol. The summed E-state index contributed by atoms with van der Waals surface area (Å²) >= 11 is 12.1. The summed E-state index contributed by atoms with van der Waals surface area (Å²) in [4.78, 5) is 12.4. The van der Waals surface area contributed by atoms with Gasteiger partial charge < -0.3 is 14.8 Å². The lowest BCUT2D eigenvalue weighted by atomic mass is 9.84. The number of hydrogen-bond donors (Lipinski definition) is 1. The number of anilines is 1. The normalized spacial score (nSPS) is 21.6. The lowest BCUT2D eigenvalue weighted by Crippen LogP contribution is -2.38. The highest BCUT2D eigenvalue weighted by Gasteiger charge is 2.41. The standard InChI is InChI=1S/C15H17Cl2NO3/c16-11-2-1-3-12(17)13(11)18-14(19)10-4-6-15(7-5-10)20-8-9-21-15/h1-3,10H,4-9H2,(H,18,19). The summed E-state index contributed by atoms with van der Waals surface area (Å²) in [5.74, 6) is -0.549. The molecule has 0 radical (unpaired) electrons. The zero-order valence-electron chi connectivity index (χ0n) is 11.5. The summed E-state index contributed by atoms with van der Waals surface area (Å²) in [5, 5.41) is 3.74. The van der Waals surface area contributed by atoms with Crippen LogP contribution in [0.3, 0.4) is 0 Å². The Kier molecular flexibility index (Phi) is 4.41. The fraction of sp³-hybridized carbons (Fsp3) is 0.533. The van der Waals surface area contributed by atoms with Gasteiger partial charge in [0.05, 0.1) is 28.9 Å². The second-order valence-electron chi connectivity index (χ2n) is 5.47. The van der Waals surface area contributed by atoms with Gasteiger partial charge >= 0.3 is 0 Å². The maximum absolute atomic E-state index is 12.4. The lowest BCUT2D eigenvalue weighted by molar-refractivity contribution is -0.182. The SMILES string of the molecule is O=C(Nc1c(Cl)cccc1Cl)C1CCC2(CC1)OCCO2. The first-order valence-corrected chi connectivity index (χ1v) is 7.88. The van der Waals surface area contributed by atoms with Crippen molar-refractivity contribution >= 4 is 34.8 Å². The Morgan fingerprint density at radius 2 is 1.71 bits per heavy atom. The van der Waals surface area contributed by atoms with Crippen LogP contribution in [0.2, 0.25) is 10.0 Å². The molecule has 21 heavy (non-hydrogen) atoms. The van der Waals surface area contributed by atoms with Crippen LogP contribution < -0.4 is 5.32 Å². The van der Waals surface area contributed by atoms with Gasteiger partial charge in [-0.15, -0.1) is 0 Å². The Morgan fingerprint density at radius 3 is 2.29 bits per heavy atom. The van der Waals surface area contributed by atoms with E-state index in [2.05, 4.69) is 5.32 Å². The van der Waals surface area contributed by atoms with Gasteiger partial charge in [0.25, 0.3) is 0 Å². The van der Waals surface area contributed by atoms with Crippen LogP contribution in [0.5, 0.6) is 0 Å². The number of halogens is 2. The number of amides is 1. The van der Waals surface area contributed by atoms with Gasteiger partial charge in [-0.1, -0.05) is 29.3 Å². The molecule has 114 valence electrons. The molecule has 0 unspecified atom stereocenters. The van der Waals surface area contributed by atoms with E-state index in [1.165, 1.54) is 0 Å². The molecule has 2 fully saturated rings. The zero-order valence-corrected chi connectivity index (χ0v) is 13.0. The summed E-state index contributed by atoms with van der Waals surface area (Å²) in [6.07, 6.45) is 2.99. The molecule has 0 aromatic heterocycles. The number of ether oxygens (including phenoxy) is 2. The minimum absolute atomic E-state index is 0.0437. The minimum atomic E-state index is -0.446. The maximum Gasteiger partial charge on any atom is 0.227 e. The van der Waals surface area contributed by atoms with Gasteiger partial charge in [0.15, 0.2) is 5.79 Å². The highest BCUT2D eigenvalue weighted by Crippen LogP contribution is 2.39. The molecule has 6 heteroatoms. The van der Waals surface area contributed by atoms with E-state index in [9.17, 15) is 4.79 Å². The van der Waals surface area contributed by atoms with Crippen molar-refractivity contribution in [2.45, 2.75) is 31.5 Å². The molecule has 1 aliphatic heterocycles. The number of para-hydroxylation sites is 1. The summed E-state index contributed by atoms with van der Waals surface area (Å²) in [6.45, 7) is 1.29. The Bertz CT molecular complexity index is 513. The summed E-state index contributed by atoms with van der Waals surface area (Å²) in [5.41, 5.74) is 0.486. The molecule has 1 heterocycles. The van der Waals surface area contributed by atoms with E-state index in [1.807, 2.05) is 0 Å². The van der Waals surface area contributed by atoms with Gasteiger partial charge in [0, 0.05) is 18.8 Å². The predicted octanol–water partition coefficient (Wildman–Crippen LogP) is 3.87. The first-order valence-electron chi connectivity index (χ1n) is 7.12. The first-order chi connectivity index (χ1) is 10.1. The van der Waals surface area contributed by atoms with Crippen LogP contribution in [0.15, 0.2) is 18.2 Å². The van der Waals surface area contributed by atoms with Crippen LogP contribution in [-0.4, -0.2) is 24.9 Å². The van der Waals surface area contributed by atoms with E-state index >= 15 is 0 Å². The van der Waals surface area contributed by atoms with Gasteiger partial charge in [0.1, 0.15) is 0 Å². The first kappa shape index (κ1) is 15.1. The zero-order chi connectivity index (χ0) is 14.9. The minimum Gasteiger partial charge on any atom is -0.348 e. The van der Waals surface area contributed by atoms with Crippen LogP contribution in [0.4, 0.5) is 5.69 Å². The highest BCUT2D eigenvalue weighted by atomic mass is 35.5. The van der Waals surface area contributed by atoms with Gasteiger partial charge in [-0.3, -0.25) is 4.79 Å². The van der Waals surface area contributed by atoms with E-state index in [1.54, 1.807) is 18.2 Å². The Hall–Kier alpha value is -0.810. The fourth-order valence-electron chi connectivity index (χ4n) is 2.95. The van der Waals surface area contributed by atoms with Crippen molar-refractivity contribution in [2.24, 2.45) is 5.92 Å². The molecule has 1 saturated heterocycles. The van der Waals surface area contributed by atoms with Crippen molar-refractivity contribution in [1.29, 1.82) is 0 Å². The number of carbonyl (C=O) groups is 1. The van der Waals surface area contributed by atoms with Gasteiger partial charge in [-0.2, -0.15) is 0 Å². The maximum atomic E-state index is 12.4. The lowest BCUT2D eigenvalue weighted by Gasteiger charge is -2.34. The van der Waals surface area contributed by atoms with Gasteiger partial charge in [-0.05, 0) is 25.0 Å². The molecule has 3 rings (SSSR count). The van der Waals surface area contributed by atoms with Crippen molar-refractivity contribution < 1.29 is 14.3 Å². The number of nitrogens with one attached hydrogen (secondary N) is 1. The number of carbonyl (C=O) groups excluding carboxylic acids is 1. The van der Waals surface area contributed by atoms with Crippen LogP contribution in [-0.2, 0) is 14.3 Å². The average molecular weight is 330 g/mol. The van der Waals surface area contributed by atoms with Crippen LogP contribution in [0, 0.1) is 5.92 Å².